The molecular formula is C18H23N7O2. The van der Waals surface area contributed by atoms with Crippen molar-refractivity contribution in [3.63, 3.8) is 0 Å². The molecule has 4 heterocycles. The van der Waals surface area contributed by atoms with Gasteiger partial charge in [0, 0.05) is 38.6 Å². The van der Waals surface area contributed by atoms with E-state index in [9.17, 15) is 4.79 Å². The Morgan fingerprint density at radius 3 is 2.78 bits per heavy atom. The maximum absolute atomic E-state index is 11.0. The first kappa shape index (κ1) is 16.4. The van der Waals surface area contributed by atoms with Crippen LogP contribution in [0, 0.1) is 0 Å². The summed E-state index contributed by atoms with van der Waals surface area (Å²) < 4.78 is 2.13. The van der Waals surface area contributed by atoms with Crippen LogP contribution in [0.3, 0.4) is 0 Å². The van der Waals surface area contributed by atoms with Gasteiger partial charge in [0.2, 0.25) is 0 Å². The SMILES string of the molecule is O=C(O)C1=CN(Cc2cn3cc(C4CC4)cc(N4CCNCC4)c3n2)NN1. The van der Waals surface area contributed by atoms with Crippen molar-refractivity contribution in [3.05, 3.63) is 41.6 Å². The topological polar surface area (TPSA) is 97.2 Å². The Balaban J connectivity index is 1.47. The van der Waals surface area contributed by atoms with Crippen molar-refractivity contribution >= 4 is 17.3 Å². The molecule has 2 aliphatic heterocycles. The number of hydrogen-bond acceptors (Lipinski definition) is 7. The molecule has 27 heavy (non-hydrogen) atoms. The molecule has 0 unspecified atom stereocenters. The fraction of sp³-hybridized carbons (Fsp3) is 0.444. The molecule has 142 valence electrons. The molecule has 1 saturated carbocycles. The minimum atomic E-state index is -0.991. The van der Waals surface area contributed by atoms with Gasteiger partial charge in [-0.3, -0.25) is 10.4 Å². The average molecular weight is 369 g/mol. The van der Waals surface area contributed by atoms with E-state index in [2.05, 4.69) is 37.8 Å². The molecule has 0 spiro atoms. The number of nitrogens with one attached hydrogen (secondary N) is 3. The van der Waals surface area contributed by atoms with Gasteiger partial charge in [0.05, 0.1) is 24.1 Å². The molecule has 1 saturated heterocycles. The molecule has 4 N–H and O–H groups in total. The second kappa shape index (κ2) is 6.43. The molecule has 0 bridgehead atoms. The molecule has 1 aliphatic carbocycles. The zero-order valence-corrected chi connectivity index (χ0v) is 15.0. The number of carboxylic acid groups (broad SMARTS) is 1. The highest BCUT2D eigenvalue weighted by Gasteiger charge is 2.27. The van der Waals surface area contributed by atoms with Gasteiger partial charge in [-0.05, 0) is 30.4 Å². The van der Waals surface area contributed by atoms with Crippen LogP contribution in [0.4, 0.5) is 5.69 Å². The normalized spacial score (nSPS) is 20.1. The van der Waals surface area contributed by atoms with Crippen LogP contribution in [0.5, 0.6) is 0 Å². The van der Waals surface area contributed by atoms with E-state index in [1.54, 1.807) is 11.2 Å². The molecule has 2 aromatic heterocycles. The monoisotopic (exact) mass is 369 g/mol. The number of piperazine rings is 1. The molecule has 2 aromatic rings. The summed E-state index contributed by atoms with van der Waals surface area (Å²) in [6.07, 6.45) is 8.31. The first-order valence-electron chi connectivity index (χ1n) is 9.38. The molecule has 0 aromatic carbocycles. The van der Waals surface area contributed by atoms with Crippen LogP contribution in [-0.2, 0) is 11.3 Å². The van der Waals surface area contributed by atoms with Gasteiger partial charge in [-0.2, -0.15) is 0 Å². The number of fused-ring (bicyclic) bond motifs is 1. The lowest BCUT2D eigenvalue weighted by atomic mass is 10.1. The van der Waals surface area contributed by atoms with E-state index in [0.29, 0.717) is 12.5 Å². The maximum atomic E-state index is 11.0. The van der Waals surface area contributed by atoms with Crippen LogP contribution >= 0.6 is 0 Å². The summed E-state index contributed by atoms with van der Waals surface area (Å²) in [7, 11) is 0. The number of hydrazine groups is 2. The number of aliphatic carboxylic acids is 1. The highest BCUT2D eigenvalue weighted by Crippen LogP contribution is 2.41. The molecular weight excluding hydrogens is 346 g/mol. The van der Waals surface area contributed by atoms with Crippen LogP contribution in [0.1, 0.15) is 30.0 Å². The minimum absolute atomic E-state index is 0.122. The highest BCUT2D eigenvalue weighted by molar-refractivity contribution is 5.85. The number of nitrogens with zero attached hydrogens (tertiary/aromatic N) is 4. The number of imidazole rings is 1. The van der Waals surface area contributed by atoms with Crippen molar-refractivity contribution in [1.82, 2.24) is 30.7 Å². The van der Waals surface area contributed by atoms with E-state index in [0.717, 1.165) is 37.5 Å². The average Bonchev–Trinajstić information content (AvgIpc) is 3.28. The van der Waals surface area contributed by atoms with Crippen molar-refractivity contribution in [2.24, 2.45) is 0 Å². The van der Waals surface area contributed by atoms with Crippen molar-refractivity contribution in [2.75, 3.05) is 31.1 Å². The number of hydrogen-bond donors (Lipinski definition) is 4. The van der Waals surface area contributed by atoms with Crippen LogP contribution in [0.2, 0.25) is 0 Å². The fourth-order valence-corrected chi connectivity index (χ4v) is 3.73. The smallest absolute Gasteiger partial charge is 0.354 e. The van der Waals surface area contributed by atoms with Gasteiger partial charge in [0.1, 0.15) is 0 Å². The van der Waals surface area contributed by atoms with E-state index in [4.69, 9.17) is 10.1 Å². The predicted molar refractivity (Wildman–Crippen MR) is 99.8 cm³/mol. The quantitative estimate of drug-likeness (QED) is 0.600. The zero-order valence-electron chi connectivity index (χ0n) is 15.0. The molecule has 3 aliphatic rings. The Bertz CT molecular complexity index is 912. The number of carbonyl (C=O) groups is 1. The third kappa shape index (κ3) is 3.19. The van der Waals surface area contributed by atoms with E-state index in [-0.39, 0.29) is 5.70 Å². The summed E-state index contributed by atoms with van der Waals surface area (Å²) in [5.74, 6) is -0.317. The van der Waals surface area contributed by atoms with Gasteiger partial charge in [-0.15, -0.1) is 5.53 Å². The Morgan fingerprint density at radius 1 is 1.26 bits per heavy atom. The maximum Gasteiger partial charge on any atom is 0.354 e. The number of rotatable bonds is 5. The van der Waals surface area contributed by atoms with E-state index >= 15 is 0 Å². The van der Waals surface area contributed by atoms with Crippen molar-refractivity contribution < 1.29 is 9.90 Å². The van der Waals surface area contributed by atoms with E-state index in [1.807, 2.05) is 6.20 Å². The van der Waals surface area contributed by atoms with Gasteiger partial charge in [0.25, 0.3) is 0 Å². The first-order valence-corrected chi connectivity index (χ1v) is 9.38. The van der Waals surface area contributed by atoms with Gasteiger partial charge in [-0.1, -0.05) is 0 Å². The van der Waals surface area contributed by atoms with Crippen LogP contribution < -0.4 is 21.2 Å². The van der Waals surface area contributed by atoms with Gasteiger partial charge in [0.15, 0.2) is 11.3 Å². The van der Waals surface area contributed by atoms with Crippen molar-refractivity contribution in [2.45, 2.75) is 25.3 Å². The molecule has 9 nitrogen and oxygen atoms in total. The number of aromatic nitrogens is 2. The largest absolute Gasteiger partial charge is 0.476 e. The number of pyridine rings is 1. The van der Waals surface area contributed by atoms with Crippen molar-refractivity contribution in [1.29, 1.82) is 0 Å². The summed E-state index contributed by atoms with van der Waals surface area (Å²) in [6, 6.07) is 2.31. The molecule has 0 atom stereocenters. The molecule has 2 fully saturated rings. The van der Waals surface area contributed by atoms with Crippen LogP contribution in [0.25, 0.3) is 5.65 Å². The lowest BCUT2D eigenvalue weighted by Gasteiger charge is -2.30. The zero-order chi connectivity index (χ0) is 18.4. The lowest BCUT2D eigenvalue weighted by molar-refractivity contribution is -0.133. The van der Waals surface area contributed by atoms with Gasteiger partial charge < -0.3 is 19.7 Å². The Labute approximate surface area is 156 Å². The Morgan fingerprint density at radius 2 is 2.07 bits per heavy atom. The molecule has 9 heteroatoms. The lowest BCUT2D eigenvalue weighted by Crippen LogP contribution is -2.43. The first-order chi connectivity index (χ1) is 13.2. The number of anilines is 1. The fourth-order valence-electron chi connectivity index (χ4n) is 3.73. The van der Waals surface area contributed by atoms with Gasteiger partial charge in [-0.25, -0.2) is 9.78 Å². The summed E-state index contributed by atoms with van der Waals surface area (Å²) >= 11 is 0. The molecule has 5 rings (SSSR count). The second-order valence-electron chi connectivity index (χ2n) is 7.35. The summed E-state index contributed by atoms with van der Waals surface area (Å²) in [5, 5.41) is 14.1. The third-order valence-corrected chi connectivity index (χ3v) is 5.29. The predicted octanol–water partition coefficient (Wildman–Crippen LogP) is 0.372. The molecule has 0 radical (unpaired) electrons. The highest BCUT2D eigenvalue weighted by atomic mass is 16.4. The number of carboxylic acids is 1. The standard InChI is InChI=1S/C18H23N7O2/c26-18(27)15-11-25(22-21-15)10-14-9-24-8-13(12-1-2-12)7-16(17(24)20-14)23-5-3-19-4-6-23/h7-9,11-12,19,21-22H,1-6,10H2,(H,26,27). The minimum Gasteiger partial charge on any atom is -0.476 e. The third-order valence-electron chi connectivity index (χ3n) is 5.29. The van der Waals surface area contributed by atoms with Crippen molar-refractivity contribution in [3.8, 4) is 0 Å². The summed E-state index contributed by atoms with van der Waals surface area (Å²) in [5.41, 5.74) is 10.0. The summed E-state index contributed by atoms with van der Waals surface area (Å²) in [6.45, 7) is 4.41. The molecule has 0 amide bonds. The Kier molecular flexibility index (Phi) is 3.91. The van der Waals surface area contributed by atoms with Crippen LogP contribution in [0.15, 0.2) is 30.4 Å². The second-order valence-corrected chi connectivity index (χ2v) is 7.35. The Hall–Kier alpha value is -2.78. The van der Waals surface area contributed by atoms with Crippen LogP contribution in [-0.4, -0.2) is 51.6 Å². The van der Waals surface area contributed by atoms with Gasteiger partial charge >= 0.3 is 5.97 Å². The van der Waals surface area contributed by atoms with E-state index in [1.165, 1.54) is 24.1 Å². The van der Waals surface area contributed by atoms with E-state index < -0.39 is 5.97 Å². The summed E-state index contributed by atoms with van der Waals surface area (Å²) in [4.78, 5) is 18.3.